The van der Waals surface area contributed by atoms with Crippen LogP contribution in [0.15, 0.2) is 24.5 Å². The Bertz CT molecular complexity index is 919. The van der Waals surface area contributed by atoms with Crippen LogP contribution in [0.25, 0.3) is 5.78 Å². The van der Waals surface area contributed by atoms with E-state index >= 15 is 0 Å². The van der Waals surface area contributed by atoms with E-state index in [1.54, 1.807) is 4.52 Å². The van der Waals surface area contributed by atoms with Crippen LogP contribution in [0.3, 0.4) is 0 Å². The molecule has 1 aliphatic heterocycles. The zero-order valence-corrected chi connectivity index (χ0v) is 15.2. The van der Waals surface area contributed by atoms with Gasteiger partial charge in [-0.3, -0.25) is 4.90 Å². The molecule has 6 nitrogen and oxygen atoms in total. The Morgan fingerprint density at radius 2 is 2.16 bits per heavy atom. The second-order valence-electron chi connectivity index (χ2n) is 6.47. The molecule has 1 N–H and O–H groups in total. The first-order valence-corrected chi connectivity index (χ1v) is 8.90. The lowest BCUT2D eigenvalue weighted by atomic mass is 10.00. The number of hydrogen-bond acceptors (Lipinski definition) is 5. The van der Waals surface area contributed by atoms with E-state index in [1.807, 2.05) is 19.1 Å². The minimum Gasteiger partial charge on any atom is -0.368 e. The molecule has 0 saturated carbocycles. The maximum atomic E-state index is 6.30. The molecule has 25 heavy (non-hydrogen) atoms. The Labute approximate surface area is 151 Å². The standard InChI is InChI=1S/C18H21ClN6/c1-12-13(2)23-18-21-11-22-25(18)17(12)20-7-9-24-8-6-15-14(10-24)4-3-5-16(15)19/h3-5,11,20H,6-10H2,1-2H3. The third-order valence-electron chi connectivity index (χ3n) is 4.92. The van der Waals surface area contributed by atoms with Gasteiger partial charge in [-0.1, -0.05) is 23.7 Å². The van der Waals surface area contributed by atoms with Gasteiger partial charge >= 0.3 is 0 Å². The van der Waals surface area contributed by atoms with Crippen molar-refractivity contribution in [1.29, 1.82) is 0 Å². The molecular weight excluding hydrogens is 336 g/mol. The summed E-state index contributed by atoms with van der Waals surface area (Å²) in [5, 5.41) is 8.69. The SMILES string of the molecule is Cc1nc2ncnn2c(NCCN2CCc3c(Cl)cccc3C2)c1C. The molecule has 4 rings (SSSR count). The van der Waals surface area contributed by atoms with Crippen LogP contribution in [0.2, 0.25) is 5.02 Å². The number of nitrogens with zero attached hydrogens (tertiary/aromatic N) is 5. The summed E-state index contributed by atoms with van der Waals surface area (Å²) in [4.78, 5) is 11.1. The van der Waals surface area contributed by atoms with Crippen molar-refractivity contribution in [1.82, 2.24) is 24.5 Å². The minimum atomic E-state index is 0.632. The zero-order valence-electron chi connectivity index (χ0n) is 14.5. The fourth-order valence-electron chi connectivity index (χ4n) is 3.39. The number of aromatic nitrogens is 4. The Hall–Kier alpha value is -2.18. The van der Waals surface area contributed by atoms with E-state index in [2.05, 4.69) is 38.3 Å². The topological polar surface area (TPSA) is 58.4 Å². The zero-order chi connectivity index (χ0) is 17.4. The smallest absolute Gasteiger partial charge is 0.254 e. The van der Waals surface area contributed by atoms with E-state index in [1.165, 1.54) is 17.5 Å². The highest BCUT2D eigenvalue weighted by molar-refractivity contribution is 6.31. The summed E-state index contributed by atoms with van der Waals surface area (Å²) >= 11 is 6.30. The number of benzene rings is 1. The highest BCUT2D eigenvalue weighted by Crippen LogP contribution is 2.25. The number of fused-ring (bicyclic) bond motifs is 2. The summed E-state index contributed by atoms with van der Waals surface area (Å²) in [7, 11) is 0. The highest BCUT2D eigenvalue weighted by Gasteiger charge is 2.18. The largest absolute Gasteiger partial charge is 0.368 e. The van der Waals surface area contributed by atoms with Gasteiger partial charge in [0.15, 0.2) is 0 Å². The lowest BCUT2D eigenvalue weighted by Gasteiger charge is -2.29. The van der Waals surface area contributed by atoms with E-state index < -0.39 is 0 Å². The normalized spacial score (nSPS) is 14.7. The number of halogens is 1. The molecule has 0 saturated heterocycles. The number of aryl methyl sites for hydroxylation is 1. The molecule has 2 aromatic heterocycles. The summed E-state index contributed by atoms with van der Waals surface area (Å²) in [6, 6.07) is 6.19. The maximum absolute atomic E-state index is 6.30. The first-order chi connectivity index (χ1) is 12.1. The summed E-state index contributed by atoms with van der Waals surface area (Å²) in [6.07, 6.45) is 2.55. The molecule has 7 heteroatoms. The summed E-state index contributed by atoms with van der Waals surface area (Å²) in [6.45, 7) is 7.85. The molecule has 0 unspecified atom stereocenters. The molecule has 0 spiro atoms. The molecule has 0 bridgehead atoms. The minimum absolute atomic E-state index is 0.632. The molecule has 0 atom stereocenters. The fraction of sp³-hybridized carbons (Fsp3) is 0.389. The van der Waals surface area contributed by atoms with Crippen LogP contribution in [0.5, 0.6) is 0 Å². The van der Waals surface area contributed by atoms with Crippen LogP contribution in [0, 0.1) is 13.8 Å². The molecule has 0 aliphatic carbocycles. The lowest BCUT2D eigenvalue weighted by molar-refractivity contribution is 0.264. The maximum Gasteiger partial charge on any atom is 0.254 e. The second kappa shape index (κ2) is 6.61. The monoisotopic (exact) mass is 356 g/mol. The Balaban J connectivity index is 1.44. The van der Waals surface area contributed by atoms with Crippen LogP contribution in [-0.2, 0) is 13.0 Å². The number of nitrogens with one attached hydrogen (secondary N) is 1. The van der Waals surface area contributed by atoms with Crippen molar-refractivity contribution in [3.05, 3.63) is 51.9 Å². The molecule has 1 aliphatic rings. The van der Waals surface area contributed by atoms with Crippen LogP contribution < -0.4 is 5.32 Å². The third kappa shape index (κ3) is 3.07. The predicted octanol–water partition coefficient (Wildman–Crippen LogP) is 2.86. The van der Waals surface area contributed by atoms with Crippen molar-refractivity contribution >= 4 is 23.2 Å². The van der Waals surface area contributed by atoms with E-state index in [0.717, 1.165) is 54.7 Å². The average Bonchev–Trinajstić information content (AvgIpc) is 3.06. The van der Waals surface area contributed by atoms with E-state index in [0.29, 0.717) is 5.78 Å². The Morgan fingerprint density at radius 1 is 1.28 bits per heavy atom. The van der Waals surface area contributed by atoms with Gasteiger partial charge in [0.25, 0.3) is 5.78 Å². The van der Waals surface area contributed by atoms with Crippen LogP contribution in [0.1, 0.15) is 22.4 Å². The van der Waals surface area contributed by atoms with E-state index in [-0.39, 0.29) is 0 Å². The van der Waals surface area contributed by atoms with Crippen LogP contribution in [-0.4, -0.2) is 44.1 Å². The highest BCUT2D eigenvalue weighted by atomic mass is 35.5. The molecule has 0 fully saturated rings. The lowest BCUT2D eigenvalue weighted by Crippen LogP contribution is -2.34. The van der Waals surface area contributed by atoms with Crippen molar-refractivity contribution in [3.8, 4) is 0 Å². The summed E-state index contributed by atoms with van der Waals surface area (Å²) in [5.74, 6) is 1.60. The molecule has 1 aromatic carbocycles. The van der Waals surface area contributed by atoms with E-state index in [4.69, 9.17) is 11.6 Å². The average molecular weight is 357 g/mol. The van der Waals surface area contributed by atoms with Gasteiger partial charge in [0, 0.05) is 42.5 Å². The van der Waals surface area contributed by atoms with Crippen molar-refractivity contribution in [2.24, 2.45) is 0 Å². The first kappa shape index (κ1) is 16.3. The molecule has 3 heterocycles. The van der Waals surface area contributed by atoms with Gasteiger partial charge in [-0.05, 0) is 37.5 Å². The van der Waals surface area contributed by atoms with Crippen molar-refractivity contribution in [2.75, 3.05) is 25.0 Å². The molecule has 3 aromatic rings. The van der Waals surface area contributed by atoms with Crippen LogP contribution in [0.4, 0.5) is 5.82 Å². The molecule has 0 amide bonds. The van der Waals surface area contributed by atoms with Gasteiger partial charge in [-0.2, -0.15) is 14.6 Å². The van der Waals surface area contributed by atoms with Gasteiger partial charge in [-0.25, -0.2) is 4.98 Å². The third-order valence-corrected chi connectivity index (χ3v) is 5.27. The molecule has 0 radical (unpaired) electrons. The second-order valence-corrected chi connectivity index (χ2v) is 6.88. The van der Waals surface area contributed by atoms with Crippen molar-refractivity contribution < 1.29 is 0 Å². The van der Waals surface area contributed by atoms with Gasteiger partial charge in [0.2, 0.25) is 0 Å². The van der Waals surface area contributed by atoms with Gasteiger partial charge in [-0.15, -0.1) is 0 Å². The molecular formula is C18H21ClN6. The molecule has 130 valence electrons. The van der Waals surface area contributed by atoms with Gasteiger partial charge in [0.05, 0.1) is 0 Å². The van der Waals surface area contributed by atoms with Crippen molar-refractivity contribution in [3.63, 3.8) is 0 Å². The fourth-order valence-corrected chi connectivity index (χ4v) is 3.67. The van der Waals surface area contributed by atoms with Gasteiger partial charge in [0.1, 0.15) is 12.1 Å². The Morgan fingerprint density at radius 3 is 3.04 bits per heavy atom. The quantitative estimate of drug-likeness (QED) is 0.779. The van der Waals surface area contributed by atoms with E-state index in [9.17, 15) is 0 Å². The van der Waals surface area contributed by atoms with Gasteiger partial charge < -0.3 is 5.32 Å². The first-order valence-electron chi connectivity index (χ1n) is 8.53. The summed E-state index contributed by atoms with van der Waals surface area (Å²) in [5.41, 5.74) is 4.73. The van der Waals surface area contributed by atoms with Crippen LogP contribution >= 0.6 is 11.6 Å². The predicted molar refractivity (Wildman–Crippen MR) is 99.2 cm³/mol. The Kier molecular flexibility index (Phi) is 4.31. The van der Waals surface area contributed by atoms with Crippen molar-refractivity contribution in [2.45, 2.75) is 26.8 Å². The number of hydrogen-bond donors (Lipinski definition) is 1. The number of rotatable bonds is 4. The number of anilines is 1. The summed E-state index contributed by atoms with van der Waals surface area (Å²) < 4.78 is 1.77.